The molecule has 3 atom stereocenters. The van der Waals surface area contributed by atoms with Crippen LogP contribution in [0.3, 0.4) is 0 Å². The number of carbonyl (C=O) groups is 1. The van der Waals surface area contributed by atoms with Gasteiger partial charge in [-0.05, 0) is 49.3 Å². The minimum absolute atomic E-state index is 0. The van der Waals surface area contributed by atoms with Gasteiger partial charge in [-0.3, -0.25) is 9.69 Å². The number of hydrogen-bond acceptors (Lipinski definition) is 3. The van der Waals surface area contributed by atoms with Gasteiger partial charge in [-0.2, -0.15) is 0 Å². The van der Waals surface area contributed by atoms with E-state index in [-0.39, 0.29) is 18.3 Å². The molecule has 1 heterocycles. The number of anilines is 1. The van der Waals surface area contributed by atoms with Crippen molar-refractivity contribution in [1.29, 1.82) is 0 Å². The monoisotopic (exact) mass is 343 g/mol. The number of nitrogens with zero attached hydrogens (tertiary/aromatic N) is 1. The summed E-state index contributed by atoms with van der Waals surface area (Å²) in [6.07, 6.45) is 2.34. The fourth-order valence-corrected chi connectivity index (χ4v) is 3.78. The van der Waals surface area contributed by atoms with Crippen molar-refractivity contribution in [2.24, 2.45) is 17.6 Å². The van der Waals surface area contributed by atoms with Gasteiger partial charge in [0, 0.05) is 29.8 Å². The second-order valence-corrected chi connectivity index (χ2v) is 6.78. The molecule has 3 unspecified atom stereocenters. The first-order chi connectivity index (χ1) is 10.0. The average molecular weight is 344 g/mol. The third-order valence-corrected chi connectivity index (χ3v) is 5.22. The zero-order valence-electron chi connectivity index (χ0n) is 12.7. The van der Waals surface area contributed by atoms with E-state index >= 15 is 0 Å². The Balaban J connectivity index is 0.00000176. The molecule has 1 aromatic rings. The number of halogens is 2. The Bertz CT molecular complexity index is 552. The number of nitrogens with one attached hydrogen (secondary N) is 1. The van der Waals surface area contributed by atoms with Crippen LogP contribution >= 0.6 is 24.0 Å². The maximum atomic E-state index is 12.1. The lowest BCUT2D eigenvalue weighted by atomic mass is 9.98. The Morgan fingerprint density at radius 3 is 2.86 bits per heavy atom. The van der Waals surface area contributed by atoms with Gasteiger partial charge in [0.05, 0.1) is 6.54 Å². The molecular weight excluding hydrogens is 321 g/mol. The Morgan fingerprint density at radius 1 is 1.41 bits per heavy atom. The van der Waals surface area contributed by atoms with Crippen LogP contribution in [-0.4, -0.2) is 36.5 Å². The number of fused-ring (bicyclic) bond motifs is 1. The van der Waals surface area contributed by atoms with E-state index < -0.39 is 0 Å². The number of amides is 1. The lowest BCUT2D eigenvalue weighted by Crippen LogP contribution is -2.34. The molecule has 1 amide bonds. The summed E-state index contributed by atoms with van der Waals surface area (Å²) >= 11 is 6.07. The molecule has 0 aromatic heterocycles. The van der Waals surface area contributed by atoms with E-state index in [1.54, 1.807) is 6.07 Å². The van der Waals surface area contributed by atoms with Crippen LogP contribution in [0.15, 0.2) is 18.2 Å². The van der Waals surface area contributed by atoms with Crippen molar-refractivity contribution >= 4 is 35.6 Å². The summed E-state index contributed by atoms with van der Waals surface area (Å²) in [5.74, 6) is 1.27. The van der Waals surface area contributed by atoms with E-state index in [1.807, 2.05) is 19.1 Å². The minimum Gasteiger partial charge on any atom is -0.327 e. The lowest BCUT2D eigenvalue weighted by Gasteiger charge is -2.18. The van der Waals surface area contributed by atoms with E-state index in [0.29, 0.717) is 29.4 Å². The summed E-state index contributed by atoms with van der Waals surface area (Å²) in [4.78, 5) is 14.4. The normalized spacial score (nSPS) is 27.3. The van der Waals surface area contributed by atoms with Crippen LogP contribution in [0.2, 0.25) is 5.02 Å². The van der Waals surface area contributed by atoms with Gasteiger partial charge in [-0.25, -0.2) is 0 Å². The molecule has 122 valence electrons. The van der Waals surface area contributed by atoms with Crippen LogP contribution in [0, 0.1) is 18.8 Å². The maximum Gasteiger partial charge on any atom is 0.238 e. The summed E-state index contributed by atoms with van der Waals surface area (Å²) in [7, 11) is 0. The Hall–Kier alpha value is -0.810. The molecule has 1 aliphatic heterocycles. The SMILES string of the molecule is Cc1ccc(NC(=O)CN2CC3CCC(N)C3C2)cc1Cl.Cl. The molecule has 2 aliphatic rings. The second kappa shape index (κ2) is 7.18. The van der Waals surface area contributed by atoms with Crippen LogP contribution in [0.1, 0.15) is 18.4 Å². The van der Waals surface area contributed by atoms with Gasteiger partial charge in [0.2, 0.25) is 5.91 Å². The first-order valence-electron chi connectivity index (χ1n) is 7.57. The summed E-state index contributed by atoms with van der Waals surface area (Å²) in [6.45, 7) is 4.33. The second-order valence-electron chi connectivity index (χ2n) is 6.37. The summed E-state index contributed by atoms with van der Waals surface area (Å²) in [6, 6.07) is 5.91. The van der Waals surface area contributed by atoms with Gasteiger partial charge in [-0.1, -0.05) is 17.7 Å². The highest BCUT2D eigenvalue weighted by Crippen LogP contribution is 2.36. The highest BCUT2D eigenvalue weighted by Gasteiger charge is 2.41. The number of likely N-dealkylation sites (tertiary alicyclic amines) is 1. The number of nitrogens with two attached hydrogens (primary N) is 1. The first kappa shape index (κ1) is 17.5. The van der Waals surface area contributed by atoms with E-state index in [4.69, 9.17) is 17.3 Å². The Morgan fingerprint density at radius 2 is 2.18 bits per heavy atom. The molecule has 1 saturated carbocycles. The summed E-state index contributed by atoms with van der Waals surface area (Å²) in [5.41, 5.74) is 7.89. The fourth-order valence-electron chi connectivity index (χ4n) is 3.60. The molecule has 1 aliphatic carbocycles. The highest BCUT2D eigenvalue weighted by atomic mass is 35.5. The molecule has 1 aromatic carbocycles. The number of hydrogen-bond donors (Lipinski definition) is 2. The standard InChI is InChI=1S/C16H22ClN3O.ClH/c1-10-2-4-12(6-14(10)17)19-16(21)9-20-7-11-3-5-15(18)13(11)8-20;/h2,4,6,11,13,15H,3,5,7-9,18H2,1H3,(H,19,21);1H. The molecule has 3 N–H and O–H groups in total. The maximum absolute atomic E-state index is 12.1. The topological polar surface area (TPSA) is 58.4 Å². The third-order valence-electron chi connectivity index (χ3n) is 4.81. The van der Waals surface area contributed by atoms with E-state index in [9.17, 15) is 4.79 Å². The fraction of sp³-hybridized carbons (Fsp3) is 0.562. The van der Waals surface area contributed by atoms with Crippen LogP contribution < -0.4 is 11.1 Å². The van der Waals surface area contributed by atoms with Crippen molar-refractivity contribution in [3.63, 3.8) is 0 Å². The third kappa shape index (κ3) is 3.74. The van der Waals surface area contributed by atoms with Crippen LogP contribution in [0.25, 0.3) is 0 Å². The number of carbonyl (C=O) groups excluding carboxylic acids is 1. The molecule has 22 heavy (non-hydrogen) atoms. The van der Waals surface area contributed by atoms with Gasteiger partial charge >= 0.3 is 0 Å². The summed E-state index contributed by atoms with van der Waals surface area (Å²) in [5, 5.41) is 3.59. The van der Waals surface area contributed by atoms with E-state index in [0.717, 1.165) is 30.8 Å². The van der Waals surface area contributed by atoms with Gasteiger partial charge in [0.25, 0.3) is 0 Å². The molecule has 0 radical (unpaired) electrons. The predicted molar refractivity (Wildman–Crippen MR) is 92.7 cm³/mol. The van der Waals surface area contributed by atoms with Crippen molar-refractivity contribution in [1.82, 2.24) is 4.90 Å². The minimum atomic E-state index is 0. The zero-order chi connectivity index (χ0) is 15.0. The lowest BCUT2D eigenvalue weighted by molar-refractivity contribution is -0.117. The van der Waals surface area contributed by atoms with Crippen molar-refractivity contribution in [3.8, 4) is 0 Å². The molecule has 1 saturated heterocycles. The Kier molecular flexibility index (Phi) is 5.72. The molecule has 0 bridgehead atoms. The number of aryl methyl sites for hydroxylation is 1. The zero-order valence-corrected chi connectivity index (χ0v) is 14.3. The molecule has 4 nitrogen and oxygen atoms in total. The summed E-state index contributed by atoms with van der Waals surface area (Å²) < 4.78 is 0. The molecule has 0 spiro atoms. The predicted octanol–water partition coefficient (Wildman–Crippen LogP) is 2.68. The quantitative estimate of drug-likeness (QED) is 0.886. The smallest absolute Gasteiger partial charge is 0.238 e. The van der Waals surface area contributed by atoms with Crippen molar-refractivity contribution < 1.29 is 4.79 Å². The average Bonchev–Trinajstić information content (AvgIpc) is 2.96. The van der Waals surface area contributed by atoms with Gasteiger partial charge in [0.1, 0.15) is 0 Å². The highest BCUT2D eigenvalue weighted by molar-refractivity contribution is 6.31. The molecule has 3 rings (SSSR count). The van der Waals surface area contributed by atoms with Crippen molar-refractivity contribution in [3.05, 3.63) is 28.8 Å². The number of benzene rings is 1. The first-order valence-corrected chi connectivity index (χ1v) is 7.94. The van der Waals surface area contributed by atoms with E-state index in [1.165, 1.54) is 6.42 Å². The van der Waals surface area contributed by atoms with Crippen LogP contribution in [0.4, 0.5) is 5.69 Å². The van der Waals surface area contributed by atoms with Crippen LogP contribution in [0.5, 0.6) is 0 Å². The number of rotatable bonds is 3. The van der Waals surface area contributed by atoms with E-state index in [2.05, 4.69) is 10.2 Å². The largest absolute Gasteiger partial charge is 0.327 e. The molecular formula is C16H23Cl2N3O. The van der Waals surface area contributed by atoms with Crippen LogP contribution in [-0.2, 0) is 4.79 Å². The Labute approximate surface area is 142 Å². The van der Waals surface area contributed by atoms with Gasteiger partial charge in [-0.15, -0.1) is 12.4 Å². The molecule has 6 heteroatoms. The van der Waals surface area contributed by atoms with Gasteiger partial charge in [0.15, 0.2) is 0 Å². The van der Waals surface area contributed by atoms with Crippen molar-refractivity contribution in [2.45, 2.75) is 25.8 Å². The van der Waals surface area contributed by atoms with Crippen molar-refractivity contribution in [2.75, 3.05) is 25.0 Å². The molecule has 2 fully saturated rings. The van der Waals surface area contributed by atoms with Gasteiger partial charge < -0.3 is 11.1 Å².